The Morgan fingerprint density at radius 1 is 1.58 bits per heavy atom. The fourth-order valence-corrected chi connectivity index (χ4v) is 2.61. The van der Waals surface area contributed by atoms with Gasteiger partial charge in [0.25, 0.3) is 0 Å². The van der Waals surface area contributed by atoms with E-state index in [1.54, 1.807) is 6.07 Å². The molecule has 0 aliphatic carbocycles. The van der Waals surface area contributed by atoms with Gasteiger partial charge in [0.2, 0.25) is 0 Å². The lowest BCUT2D eigenvalue weighted by atomic mass is 10.3. The third-order valence-corrected chi connectivity index (χ3v) is 3.88. The smallest absolute Gasteiger partial charge is 0.315 e. The number of carbonyl (C=O) groups excluding carboxylic acids is 1. The summed E-state index contributed by atoms with van der Waals surface area (Å²) in [5, 5.41) is 9.28. The van der Waals surface area contributed by atoms with Crippen molar-refractivity contribution in [1.29, 1.82) is 0 Å². The van der Waals surface area contributed by atoms with Gasteiger partial charge in [0.05, 0.1) is 22.6 Å². The molecule has 0 bridgehead atoms. The Labute approximate surface area is 119 Å². The summed E-state index contributed by atoms with van der Waals surface area (Å²) in [6.45, 7) is 4.04. The zero-order chi connectivity index (χ0) is 13.8. The number of thiophene rings is 1. The molecule has 0 aromatic carbocycles. The van der Waals surface area contributed by atoms with Crippen LogP contribution in [0.4, 0.5) is 4.79 Å². The van der Waals surface area contributed by atoms with Crippen LogP contribution in [0.5, 0.6) is 0 Å². The number of amides is 2. The Hall–Kier alpha value is -1.53. The monoisotopic (exact) mass is 299 g/mol. The fraction of sp³-hybridized carbons (Fsp3) is 0.333. The van der Waals surface area contributed by atoms with Crippen LogP contribution in [0.1, 0.15) is 29.3 Å². The van der Waals surface area contributed by atoms with E-state index in [2.05, 4.69) is 15.8 Å². The molecular weight excluding hydrogens is 286 g/mol. The molecule has 2 heterocycles. The van der Waals surface area contributed by atoms with Crippen molar-refractivity contribution in [2.24, 2.45) is 0 Å². The molecule has 0 radical (unpaired) electrons. The number of hydrogen-bond donors (Lipinski definition) is 2. The molecule has 0 fully saturated rings. The maximum absolute atomic E-state index is 11.7. The molecule has 0 saturated carbocycles. The van der Waals surface area contributed by atoms with Crippen LogP contribution in [0.15, 0.2) is 22.7 Å². The molecule has 5 nitrogen and oxygen atoms in total. The van der Waals surface area contributed by atoms with Crippen molar-refractivity contribution in [3.8, 4) is 0 Å². The quantitative estimate of drug-likeness (QED) is 0.910. The van der Waals surface area contributed by atoms with E-state index in [-0.39, 0.29) is 12.1 Å². The van der Waals surface area contributed by atoms with Crippen LogP contribution in [0.2, 0.25) is 4.34 Å². The molecule has 0 aliphatic heterocycles. The molecule has 2 aromatic rings. The highest BCUT2D eigenvalue weighted by Gasteiger charge is 2.11. The summed E-state index contributed by atoms with van der Waals surface area (Å²) < 4.78 is 5.71. The minimum atomic E-state index is -0.258. The average Bonchev–Trinajstić information content (AvgIpc) is 2.95. The molecule has 2 N–H and O–H groups in total. The number of aryl methyl sites for hydroxylation is 1. The molecule has 1 atom stereocenters. The average molecular weight is 300 g/mol. The highest BCUT2D eigenvalue weighted by Crippen LogP contribution is 2.26. The van der Waals surface area contributed by atoms with Gasteiger partial charge < -0.3 is 15.2 Å². The first-order chi connectivity index (χ1) is 9.04. The lowest BCUT2D eigenvalue weighted by Crippen LogP contribution is -2.36. The van der Waals surface area contributed by atoms with E-state index in [4.69, 9.17) is 16.1 Å². The van der Waals surface area contributed by atoms with Crippen LogP contribution < -0.4 is 10.6 Å². The number of aromatic nitrogens is 1. The van der Waals surface area contributed by atoms with E-state index in [1.807, 2.05) is 26.0 Å². The van der Waals surface area contributed by atoms with Crippen LogP contribution in [-0.2, 0) is 6.54 Å². The van der Waals surface area contributed by atoms with Crippen molar-refractivity contribution in [3.05, 3.63) is 38.9 Å². The predicted octanol–water partition coefficient (Wildman–Crippen LogP) is 3.26. The van der Waals surface area contributed by atoms with Gasteiger partial charge in [-0.25, -0.2) is 4.79 Å². The summed E-state index contributed by atoms with van der Waals surface area (Å²) in [7, 11) is 0. The Kier molecular flexibility index (Phi) is 4.44. The molecule has 0 saturated heterocycles. The molecule has 7 heteroatoms. The van der Waals surface area contributed by atoms with Crippen LogP contribution in [0.25, 0.3) is 0 Å². The lowest BCUT2D eigenvalue weighted by molar-refractivity contribution is 0.236. The first-order valence-corrected chi connectivity index (χ1v) is 6.96. The zero-order valence-electron chi connectivity index (χ0n) is 10.6. The number of rotatable bonds is 4. The van der Waals surface area contributed by atoms with Crippen molar-refractivity contribution >= 4 is 29.0 Å². The predicted molar refractivity (Wildman–Crippen MR) is 74.4 cm³/mol. The van der Waals surface area contributed by atoms with Crippen molar-refractivity contribution < 1.29 is 9.32 Å². The Morgan fingerprint density at radius 2 is 2.37 bits per heavy atom. The number of nitrogens with one attached hydrogen (secondary N) is 2. The molecule has 2 rings (SSSR count). The largest absolute Gasteiger partial charge is 0.359 e. The summed E-state index contributed by atoms with van der Waals surface area (Å²) in [6, 6.07) is 5.15. The van der Waals surface area contributed by atoms with E-state index < -0.39 is 0 Å². The minimum absolute atomic E-state index is 0.0889. The molecule has 0 unspecified atom stereocenters. The zero-order valence-corrected chi connectivity index (χ0v) is 12.1. The number of hydrogen-bond acceptors (Lipinski definition) is 4. The summed E-state index contributed by atoms with van der Waals surface area (Å²) >= 11 is 7.31. The summed E-state index contributed by atoms with van der Waals surface area (Å²) in [5.41, 5.74) is 0.791. The van der Waals surface area contributed by atoms with Gasteiger partial charge in [-0.05, 0) is 26.0 Å². The molecule has 0 spiro atoms. The second kappa shape index (κ2) is 6.08. The van der Waals surface area contributed by atoms with Gasteiger partial charge in [-0.2, -0.15) is 0 Å². The second-order valence-corrected chi connectivity index (χ2v) is 5.87. The molecule has 2 aromatic heterocycles. The van der Waals surface area contributed by atoms with E-state index in [1.165, 1.54) is 11.3 Å². The lowest BCUT2D eigenvalue weighted by Gasteiger charge is -2.12. The van der Waals surface area contributed by atoms with Gasteiger partial charge in [-0.3, -0.25) is 0 Å². The third-order valence-electron chi connectivity index (χ3n) is 2.47. The Bertz CT molecular complexity index is 567. The van der Waals surface area contributed by atoms with E-state index >= 15 is 0 Å². The summed E-state index contributed by atoms with van der Waals surface area (Å²) in [4.78, 5) is 12.7. The van der Waals surface area contributed by atoms with Gasteiger partial charge in [-0.15, -0.1) is 11.3 Å². The SMILES string of the molecule is Cc1cc(CNC(=O)N[C@@H](C)c2ccc(Cl)s2)on1. The Balaban J connectivity index is 1.81. The highest BCUT2D eigenvalue weighted by molar-refractivity contribution is 7.16. The molecular formula is C12H14ClN3O2S. The van der Waals surface area contributed by atoms with Gasteiger partial charge in [0, 0.05) is 10.9 Å². The number of nitrogens with zero attached hydrogens (tertiary/aromatic N) is 1. The standard InChI is InChI=1S/C12H14ClN3O2S/c1-7-5-9(18-16-7)6-14-12(17)15-8(2)10-3-4-11(13)19-10/h3-5,8H,6H2,1-2H3,(H2,14,15,17)/t8-/m0/s1. The van der Waals surface area contributed by atoms with E-state index in [9.17, 15) is 4.79 Å². The molecule has 19 heavy (non-hydrogen) atoms. The third kappa shape index (κ3) is 3.97. The first kappa shape index (κ1) is 13.9. The first-order valence-electron chi connectivity index (χ1n) is 5.76. The Morgan fingerprint density at radius 3 is 2.95 bits per heavy atom. The van der Waals surface area contributed by atoms with Crippen LogP contribution in [0, 0.1) is 6.92 Å². The second-order valence-electron chi connectivity index (χ2n) is 4.13. The number of halogens is 1. The number of urea groups is 1. The fourth-order valence-electron chi connectivity index (χ4n) is 1.55. The minimum Gasteiger partial charge on any atom is -0.359 e. The van der Waals surface area contributed by atoms with E-state index in [0.29, 0.717) is 16.6 Å². The van der Waals surface area contributed by atoms with E-state index in [0.717, 1.165) is 10.6 Å². The maximum atomic E-state index is 11.7. The van der Waals surface area contributed by atoms with Gasteiger partial charge in [0.15, 0.2) is 5.76 Å². The van der Waals surface area contributed by atoms with Gasteiger partial charge >= 0.3 is 6.03 Å². The molecule has 0 aliphatic rings. The van der Waals surface area contributed by atoms with Crippen LogP contribution in [-0.4, -0.2) is 11.2 Å². The number of carbonyl (C=O) groups is 1. The topological polar surface area (TPSA) is 67.2 Å². The highest BCUT2D eigenvalue weighted by atomic mass is 35.5. The van der Waals surface area contributed by atoms with Crippen LogP contribution in [0.3, 0.4) is 0 Å². The van der Waals surface area contributed by atoms with Gasteiger partial charge in [0.1, 0.15) is 0 Å². The molecule has 102 valence electrons. The normalized spacial score (nSPS) is 12.2. The summed E-state index contributed by atoms with van der Waals surface area (Å²) in [5.74, 6) is 0.625. The summed E-state index contributed by atoms with van der Waals surface area (Å²) in [6.07, 6.45) is 0. The van der Waals surface area contributed by atoms with Crippen molar-refractivity contribution in [2.75, 3.05) is 0 Å². The maximum Gasteiger partial charge on any atom is 0.315 e. The van der Waals surface area contributed by atoms with Crippen molar-refractivity contribution in [3.63, 3.8) is 0 Å². The van der Waals surface area contributed by atoms with Crippen molar-refractivity contribution in [1.82, 2.24) is 15.8 Å². The van der Waals surface area contributed by atoms with Crippen LogP contribution >= 0.6 is 22.9 Å². The van der Waals surface area contributed by atoms with Gasteiger partial charge in [-0.1, -0.05) is 16.8 Å². The van der Waals surface area contributed by atoms with Crippen molar-refractivity contribution in [2.45, 2.75) is 26.4 Å². The molecule has 2 amide bonds.